The Kier molecular flexibility index (Phi) is 1.37. The molecule has 2 aromatic rings. The van der Waals surface area contributed by atoms with Gasteiger partial charge in [-0.15, -0.1) is 0 Å². The molecule has 0 atom stereocenters. The third-order valence-corrected chi connectivity index (χ3v) is 2.60. The lowest BCUT2D eigenvalue weighted by molar-refractivity contribution is 0.451. The van der Waals surface area contributed by atoms with Crippen LogP contribution in [0.2, 0.25) is 0 Å². The molecule has 0 amide bonds. The highest BCUT2D eigenvalue weighted by Gasteiger charge is 2.21. The highest BCUT2D eigenvalue weighted by Crippen LogP contribution is 2.23. The Balaban J connectivity index is 2.17. The van der Waals surface area contributed by atoms with Gasteiger partial charge >= 0.3 is 0 Å². The molecule has 1 fully saturated rings. The summed E-state index contributed by atoms with van der Waals surface area (Å²) in [6.45, 7) is 2.16. The molecule has 1 N–H and O–H groups in total. The molecular formula is C9H10N4. The molecule has 1 aliphatic rings. The average molecular weight is 174 g/mol. The molecule has 0 radical (unpaired) electrons. The smallest absolute Gasteiger partial charge is 0.136 e. The monoisotopic (exact) mass is 174 g/mol. The fourth-order valence-electron chi connectivity index (χ4n) is 1.73. The van der Waals surface area contributed by atoms with Gasteiger partial charge < -0.3 is 5.32 Å². The molecule has 66 valence electrons. The second kappa shape index (κ2) is 2.53. The number of nitrogens with zero attached hydrogens (tertiary/aromatic N) is 3. The molecule has 1 aliphatic heterocycles. The van der Waals surface area contributed by atoms with Crippen molar-refractivity contribution in [3.05, 3.63) is 30.4 Å². The van der Waals surface area contributed by atoms with Gasteiger partial charge in [0.25, 0.3) is 0 Å². The Morgan fingerprint density at radius 3 is 3.15 bits per heavy atom. The van der Waals surface area contributed by atoms with Gasteiger partial charge in [0, 0.05) is 25.2 Å². The van der Waals surface area contributed by atoms with Gasteiger partial charge in [-0.25, -0.2) is 9.50 Å². The zero-order valence-corrected chi connectivity index (χ0v) is 7.14. The van der Waals surface area contributed by atoms with E-state index in [9.17, 15) is 0 Å². The van der Waals surface area contributed by atoms with E-state index in [1.165, 1.54) is 5.56 Å². The second-order valence-corrected chi connectivity index (χ2v) is 3.37. The van der Waals surface area contributed by atoms with E-state index in [4.69, 9.17) is 0 Å². The summed E-state index contributed by atoms with van der Waals surface area (Å²) in [6, 6.07) is 2.13. The Hall–Kier alpha value is -1.42. The molecule has 13 heavy (non-hydrogen) atoms. The van der Waals surface area contributed by atoms with Gasteiger partial charge in [0.05, 0.1) is 11.7 Å². The summed E-state index contributed by atoms with van der Waals surface area (Å²) in [6.07, 6.45) is 5.43. The average Bonchev–Trinajstić information content (AvgIpc) is 2.47. The normalized spacial score (nSPS) is 17.5. The van der Waals surface area contributed by atoms with Crippen LogP contribution in [0, 0.1) is 0 Å². The summed E-state index contributed by atoms with van der Waals surface area (Å²) in [5, 5.41) is 7.39. The van der Waals surface area contributed by atoms with Gasteiger partial charge in [-0.3, -0.25) is 0 Å². The summed E-state index contributed by atoms with van der Waals surface area (Å²) >= 11 is 0. The molecule has 0 aromatic carbocycles. The zero-order valence-electron chi connectivity index (χ0n) is 7.14. The van der Waals surface area contributed by atoms with Gasteiger partial charge in [-0.05, 0) is 11.6 Å². The highest BCUT2D eigenvalue weighted by atomic mass is 15.2. The molecule has 3 rings (SSSR count). The Morgan fingerprint density at radius 1 is 1.46 bits per heavy atom. The van der Waals surface area contributed by atoms with E-state index in [2.05, 4.69) is 21.5 Å². The first kappa shape index (κ1) is 7.03. The Labute approximate surface area is 75.6 Å². The van der Waals surface area contributed by atoms with Crippen LogP contribution in [0.1, 0.15) is 11.5 Å². The summed E-state index contributed by atoms with van der Waals surface area (Å²) < 4.78 is 1.88. The van der Waals surface area contributed by atoms with E-state index in [0.717, 1.165) is 18.6 Å². The molecule has 4 heteroatoms. The van der Waals surface area contributed by atoms with Crippen molar-refractivity contribution in [2.75, 3.05) is 13.1 Å². The summed E-state index contributed by atoms with van der Waals surface area (Å²) in [5.74, 6) is 0.649. The lowest BCUT2D eigenvalue weighted by atomic mass is 9.95. The maximum Gasteiger partial charge on any atom is 0.136 e. The van der Waals surface area contributed by atoms with Crippen LogP contribution in [0.3, 0.4) is 0 Å². The van der Waals surface area contributed by atoms with Gasteiger partial charge in [0.2, 0.25) is 0 Å². The predicted octanol–water partition coefficient (Wildman–Crippen LogP) is 0.416. The van der Waals surface area contributed by atoms with Crippen LogP contribution < -0.4 is 5.32 Å². The molecule has 0 unspecified atom stereocenters. The quantitative estimate of drug-likeness (QED) is 0.681. The second-order valence-electron chi connectivity index (χ2n) is 3.37. The molecular weight excluding hydrogens is 164 g/mol. The maximum absolute atomic E-state index is 4.13. The number of hydrogen-bond acceptors (Lipinski definition) is 3. The molecule has 4 nitrogen and oxygen atoms in total. The third kappa shape index (κ3) is 0.954. The highest BCUT2D eigenvalue weighted by molar-refractivity contribution is 5.55. The van der Waals surface area contributed by atoms with Crippen molar-refractivity contribution >= 4 is 5.52 Å². The van der Waals surface area contributed by atoms with Gasteiger partial charge in [-0.1, -0.05) is 0 Å². The first-order chi connectivity index (χ1) is 6.45. The minimum atomic E-state index is 0.649. The van der Waals surface area contributed by atoms with E-state index in [0.29, 0.717) is 5.92 Å². The predicted molar refractivity (Wildman–Crippen MR) is 48.6 cm³/mol. The third-order valence-electron chi connectivity index (χ3n) is 2.60. The lowest BCUT2D eigenvalue weighted by Crippen LogP contribution is -2.39. The Morgan fingerprint density at radius 2 is 2.38 bits per heavy atom. The van der Waals surface area contributed by atoms with Crippen molar-refractivity contribution in [1.82, 2.24) is 19.9 Å². The van der Waals surface area contributed by atoms with Crippen LogP contribution in [0.25, 0.3) is 5.52 Å². The van der Waals surface area contributed by atoms with Crippen molar-refractivity contribution in [2.24, 2.45) is 0 Å². The van der Waals surface area contributed by atoms with E-state index in [1.807, 2.05) is 16.9 Å². The first-order valence-corrected chi connectivity index (χ1v) is 4.43. The van der Waals surface area contributed by atoms with Crippen molar-refractivity contribution in [1.29, 1.82) is 0 Å². The largest absolute Gasteiger partial charge is 0.315 e. The van der Waals surface area contributed by atoms with Gasteiger partial charge in [-0.2, -0.15) is 5.10 Å². The molecule has 2 aromatic heterocycles. The molecule has 0 saturated carbocycles. The van der Waals surface area contributed by atoms with Crippen molar-refractivity contribution in [3.63, 3.8) is 0 Å². The number of hydrogen-bond donors (Lipinski definition) is 1. The lowest BCUT2D eigenvalue weighted by Gasteiger charge is -2.26. The number of fused-ring (bicyclic) bond motifs is 1. The van der Waals surface area contributed by atoms with E-state index >= 15 is 0 Å². The van der Waals surface area contributed by atoms with Gasteiger partial charge in [0.1, 0.15) is 6.33 Å². The van der Waals surface area contributed by atoms with Crippen LogP contribution >= 0.6 is 0 Å². The van der Waals surface area contributed by atoms with Gasteiger partial charge in [0.15, 0.2) is 0 Å². The number of nitrogens with one attached hydrogen (secondary N) is 1. The van der Waals surface area contributed by atoms with Crippen molar-refractivity contribution in [3.8, 4) is 0 Å². The number of aromatic nitrogens is 3. The summed E-state index contributed by atoms with van der Waals surface area (Å²) in [5.41, 5.74) is 2.49. The maximum atomic E-state index is 4.13. The minimum Gasteiger partial charge on any atom is -0.315 e. The van der Waals surface area contributed by atoms with Crippen LogP contribution in [0.4, 0.5) is 0 Å². The number of rotatable bonds is 1. The SMILES string of the molecule is c1ncc2c(C3CNC3)ccn2n1. The standard InChI is InChI=1S/C9H10N4/c1-2-13-9(5-11-6-12-13)8(1)7-3-10-4-7/h1-2,5-7,10H,3-4H2. The molecule has 0 bridgehead atoms. The van der Waals surface area contributed by atoms with Crippen LogP contribution in [-0.4, -0.2) is 27.7 Å². The van der Waals surface area contributed by atoms with E-state index in [-0.39, 0.29) is 0 Å². The van der Waals surface area contributed by atoms with Crippen LogP contribution in [0.15, 0.2) is 24.8 Å². The summed E-state index contributed by atoms with van der Waals surface area (Å²) in [4.78, 5) is 4.03. The van der Waals surface area contributed by atoms with E-state index in [1.54, 1.807) is 6.33 Å². The first-order valence-electron chi connectivity index (χ1n) is 4.43. The van der Waals surface area contributed by atoms with Crippen molar-refractivity contribution in [2.45, 2.75) is 5.92 Å². The molecule has 1 saturated heterocycles. The Bertz CT molecular complexity index is 430. The van der Waals surface area contributed by atoms with E-state index < -0.39 is 0 Å². The molecule has 3 heterocycles. The van der Waals surface area contributed by atoms with Crippen LogP contribution in [-0.2, 0) is 0 Å². The zero-order chi connectivity index (χ0) is 8.67. The van der Waals surface area contributed by atoms with Crippen LogP contribution in [0.5, 0.6) is 0 Å². The molecule has 0 aliphatic carbocycles. The fraction of sp³-hybridized carbons (Fsp3) is 0.333. The minimum absolute atomic E-state index is 0.649. The molecule has 0 spiro atoms. The fourth-order valence-corrected chi connectivity index (χ4v) is 1.73. The topological polar surface area (TPSA) is 42.2 Å². The van der Waals surface area contributed by atoms with Crippen molar-refractivity contribution < 1.29 is 0 Å². The summed E-state index contributed by atoms with van der Waals surface area (Å²) in [7, 11) is 0.